The molecule has 0 saturated heterocycles. The van der Waals surface area contributed by atoms with Gasteiger partial charge in [-0.2, -0.15) is 0 Å². The minimum absolute atomic E-state index is 0.0949. The van der Waals surface area contributed by atoms with Crippen LogP contribution in [0.2, 0.25) is 0 Å². The minimum Gasteiger partial charge on any atom is -0.493 e. The van der Waals surface area contributed by atoms with Crippen LogP contribution in [-0.4, -0.2) is 30.8 Å². The maximum absolute atomic E-state index is 13.1. The van der Waals surface area contributed by atoms with Crippen molar-refractivity contribution in [3.63, 3.8) is 0 Å². The minimum atomic E-state index is 0.0949. The van der Waals surface area contributed by atoms with Gasteiger partial charge in [-0.15, -0.1) is 11.8 Å². The molecule has 0 N–H and O–H groups in total. The molecule has 0 heterocycles. The van der Waals surface area contributed by atoms with Gasteiger partial charge < -0.3 is 14.4 Å². The van der Waals surface area contributed by atoms with Crippen LogP contribution < -0.4 is 9.47 Å². The molecule has 0 unspecified atom stereocenters. The lowest BCUT2D eigenvalue weighted by Crippen LogP contribution is -2.31. The third kappa shape index (κ3) is 6.03. The summed E-state index contributed by atoms with van der Waals surface area (Å²) in [5.41, 5.74) is 2.24. The maximum atomic E-state index is 13.1. The van der Waals surface area contributed by atoms with E-state index in [-0.39, 0.29) is 5.91 Å². The molecule has 0 aliphatic rings. The van der Waals surface area contributed by atoms with Gasteiger partial charge in [-0.1, -0.05) is 60.7 Å². The molecule has 29 heavy (non-hydrogen) atoms. The Kier molecular flexibility index (Phi) is 7.59. The third-order valence-corrected chi connectivity index (χ3v) is 5.48. The molecule has 0 aliphatic heterocycles. The molecule has 0 spiro atoms. The summed E-state index contributed by atoms with van der Waals surface area (Å²) in [5, 5.41) is 0. The van der Waals surface area contributed by atoms with Crippen LogP contribution in [0.25, 0.3) is 0 Å². The van der Waals surface area contributed by atoms with Gasteiger partial charge in [0, 0.05) is 18.0 Å². The highest BCUT2D eigenvalue weighted by Gasteiger charge is 2.16. The summed E-state index contributed by atoms with van der Waals surface area (Å²) >= 11 is 1.50. The second-order valence-electron chi connectivity index (χ2n) is 6.53. The lowest BCUT2D eigenvalue weighted by atomic mass is 10.1. The SMILES string of the molecule is COc1ccc(SCC(=O)N(Cc2ccccc2)Cc2ccccc2)cc1OC. The van der Waals surface area contributed by atoms with Crippen LogP contribution in [0.1, 0.15) is 11.1 Å². The number of thioether (sulfide) groups is 1. The number of hydrogen-bond acceptors (Lipinski definition) is 4. The van der Waals surface area contributed by atoms with Crippen molar-refractivity contribution in [3.05, 3.63) is 90.0 Å². The Hall–Kier alpha value is -2.92. The third-order valence-electron chi connectivity index (χ3n) is 4.50. The van der Waals surface area contributed by atoms with Crippen molar-refractivity contribution < 1.29 is 14.3 Å². The maximum Gasteiger partial charge on any atom is 0.233 e. The van der Waals surface area contributed by atoms with Gasteiger partial charge >= 0.3 is 0 Å². The van der Waals surface area contributed by atoms with Gasteiger partial charge in [-0.05, 0) is 29.3 Å². The average Bonchev–Trinajstić information content (AvgIpc) is 2.78. The zero-order valence-corrected chi connectivity index (χ0v) is 17.5. The van der Waals surface area contributed by atoms with E-state index in [1.165, 1.54) is 11.8 Å². The molecule has 3 aromatic rings. The Balaban J connectivity index is 1.70. The summed E-state index contributed by atoms with van der Waals surface area (Å²) in [4.78, 5) is 15.9. The summed E-state index contributed by atoms with van der Waals surface area (Å²) in [6, 6.07) is 25.9. The highest BCUT2D eigenvalue weighted by molar-refractivity contribution is 8.00. The molecule has 0 atom stereocenters. The van der Waals surface area contributed by atoms with Crippen LogP contribution in [0.3, 0.4) is 0 Å². The molecule has 1 amide bonds. The van der Waals surface area contributed by atoms with E-state index >= 15 is 0 Å². The Morgan fingerprint density at radius 2 is 1.34 bits per heavy atom. The van der Waals surface area contributed by atoms with Crippen LogP contribution in [0, 0.1) is 0 Å². The molecular weight excluding hydrogens is 382 g/mol. The van der Waals surface area contributed by atoms with E-state index in [1.54, 1.807) is 14.2 Å². The topological polar surface area (TPSA) is 38.8 Å². The first-order valence-electron chi connectivity index (χ1n) is 9.40. The smallest absolute Gasteiger partial charge is 0.233 e. The van der Waals surface area contributed by atoms with Crippen molar-refractivity contribution in [1.29, 1.82) is 0 Å². The summed E-state index contributed by atoms with van der Waals surface area (Å²) in [5.74, 6) is 1.79. The fourth-order valence-electron chi connectivity index (χ4n) is 2.98. The molecule has 0 radical (unpaired) electrons. The molecule has 0 aliphatic carbocycles. The van der Waals surface area contributed by atoms with Gasteiger partial charge in [0.2, 0.25) is 5.91 Å². The molecule has 0 saturated carbocycles. The molecule has 3 aromatic carbocycles. The zero-order chi connectivity index (χ0) is 20.5. The number of benzene rings is 3. The molecule has 4 nitrogen and oxygen atoms in total. The lowest BCUT2D eigenvalue weighted by Gasteiger charge is -2.23. The summed E-state index contributed by atoms with van der Waals surface area (Å²) in [6.07, 6.45) is 0. The van der Waals surface area contributed by atoms with Gasteiger partial charge in [0.15, 0.2) is 11.5 Å². The fourth-order valence-corrected chi connectivity index (χ4v) is 3.81. The standard InChI is InChI=1S/C24H25NO3S/c1-27-22-14-13-21(15-23(22)28-2)29-18-24(26)25(16-19-9-5-3-6-10-19)17-20-11-7-4-8-12-20/h3-15H,16-18H2,1-2H3. The second kappa shape index (κ2) is 10.6. The van der Waals surface area contributed by atoms with Gasteiger partial charge in [-0.25, -0.2) is 0 Å². The van der Waals surface area contributed by atoms with Gasteiger partial charge in [0.1, 0.15) is 0 Å². The van der Waals surface area contributed by atoms with Crippen LogP contribution >= 0.6 is 11.8 Å². The number of carbonyl (C=O) groups excluding carboxylic acids is 1. The van der Waals surface area contributed by atoms with Crippen molar-refractivity contribution in [1.82, 2.24) is 4.90 Å². The predicted molar refractivity (Wildman–Crippen MR) is 117 cm³/mol. The molecule has 150 valence electrons. The van der Waals surface area contributed by atoms with E-state index in [0.29, 0.717) is 30.3 Å². The Morgan fingerprint density at radius 1 is 0.793 bits per heavy atom. The van der Waals surface area contributed by atoms with Crippen molar-refractivity contribution in [2.45, 2.75) is 18.0 Å². The van der Waals surface area contributed by atoms with E-state index in [2.05, 4.69) is 0 Å². The lowest BCUT2D eigenvalue weighted by molar-refractivity contribution is -0.129. The first-order valence-corrected chi connectivity index (χ1v) is 10.4. The Morgan fingerprint density at radius 3 is 1.86 bits per heavy atom. The monoisotopic (exact) mass is 407 g/mol. The van der Waals surface area contributed by atoms with E-state index in [9.17, 15) is 4.79 Å². The predicted octanol–water partition coefficient (Wildman–Crippen LogP) is 5.02. The first-order chi connectivity index (χ1) is 14.2. The van der Waals surface area contributed by atoms with Crippen molar-refractivity contribution in [3.8, 4) is 11.5 Å². The van der Waals surface area contributed by atoms with E-state index in [4.69, 9.17) is 9.47 Å². The Labute approximate surface area is 176 Å². The quantitative estimate of drug-likeness (QED) is 0.467. The summed E-state index contributed by atoms with van der Waals surface area (Å²) in [7, 11) is 3.22. The zero-order valence-electron chi connectivity index (χ0n) is 16.7. The number of carbonyl (C=O) groups is 1. The Bertz CT molecular complexity index is 874. The molecule has 0 aromatic heterocycles. The van der Waals surface area contributed by atoms with Crippen LogP contribution in [0.4, 0.5) is 0 Å². The van der Waals surface area contributed by atoms with Crippen LogP contribution in [0.5, 0.6) is 11.5 Å². The van der Waals surface area contributed by atoms with Crippen molar-refractivity contribution in [2.75, 3.05) is 20.0 Å². The summed E-state index contributed by atoms with van der Waals surface area (Å²) in [6.45, 7) is 1.17. The second-order valence-corrected chi connectivity index (χ2v) is 7.58. The van der Waals surface area contributed by atoms with E-state index < -0.39 is 0 Å². The average molecular weight is 408 g/mol. The van der Waals surface area contributed by atoms with Crippen molar-refractivity contribution in [2.24, 2.45) is 0 Å². The first kappa shape index (κ1) is 20.8. The highest BCUT2D eigenvalue weighted by atomic mass is 32.2. The van der Waals surface area contributed by atoms with E-state index in [1.807, 2.05) is 83.8 Å². The van der Waals surface area contributed by atoms with Gasteiger partial charge in [0.05, 0.1) is 20.0 Å². The molecule has 3 rings (SSSR count). The molecule has 5 heteroatoms. The molecule has 0 fully saturated rings. The van der Waals surface area contributed by atoms with Gasteiger partial charge in [-0.3, -0.25) is 4.79 Å². The fraction of sp³-hybridized carbons (Fsp3) is 0.208. The number of hydrogen-bond donors (Lipinski definition) is 0. The number of nitrogens with zero attached hydrogens (tertiary/aromatic N) is 1. The summed E-state index contributed by atoms with van der Waals surface area (Å²) < 4.78 is 10.6. The number of ether oxygens (including phenoxy) is 2. The number of methoxy groups -OCH3 is 2. The normalized spacial score (nSPS) is 10.4. The van der Waals surface area contributed by atoms with Crippen LogP contribution in [-0.2, 0) is 17.9 Å². The highest BCUT2D eigenvalue weighted by Crippen LogP contribution is 2.32. The van der Waals surface area contributed by atoms with Gasteiger partial charge in [0.25, 0.3) is 0 Å². The van der Waals surface area contributed by atoms with E-state index in [0.717, 1.165) is 16.0 Å². The number of amides is 1. The largest absolute Gasteiger partial charge is 0.493 e. The number of rotatable bonds is 9. The van der Waals surface area contributed by atoms with Crippen molar-refractivity contribution >= 4 is 17.7 Å². The molecule has 0 bridgehead atoms. The van der Waals surface area contributed by atoms with Crippen LogP contribution in [0.15, 0.2) is 83.8 Å². The molecular formula is C24H25NO3S.